The van der Waals surface area contributed by atoms with E-state index in [0.717, 1.165) is 10.0 Å². The molecule has 3 aliphatic rings. The maximum absolute atomic E-state index is 6.36. The maximum Gasteiger partial charge on any atom is -1.00 e. The molecule has 0 unspecified atom stereocenters. The average Bonchev–Trinajstić information content (AvgIpc) is 3.02. The predicted octanol–water partition coefficient (Wildman–Crippen LogP) is 0.919. The summed E-state index contributed by atoms with van der Waals surface area (Å²) in [6.45, 7) is 0. The molecule has 0 saturated carbocycles. The van der Waals surface area contributed by atoms with E-state index in [1.165, 1.54) is 36.9 Å². The van der Waals surface area contributed by atoms with Gasteiger partial charge in [0.1, 0.15) is 0 Å². The number of fused-ring (bicyclic) bond motifs is 3. The van der Waals surface area contributed by atoms with Gasteiger partial charge in [0.25, 0.3) is 0 Å². The van der Waals surface area contributed by atoms with Crippen LogP contribution in [0.25, 0.3) is 11.1 Å². The van der Waals surface area contributed by atoms with Crippen LogP contribution in [-0.2, 0) is 20.3 Å². The first-order valence-corrected chi connectivity index (χ1v) is 15.0. The molecule has 5 rings (SSSR count). The Hall–Kier alpha value is -0.0369. The summed E-state index contributed by atoms with van der Waals surface area (Å²) < 4.78 is 5.30. The fraction of sp³-hybridized carbons (Fsp3) is 0.200. The largest absolute Gasteiger partial charge is 1.00 e. The van der Waals surface area contributed by atoms with Gasteiger partial charge >= 0.3 is 152 Å². The minimum absolute atomic E-state index is 0. The summed E-state index contributed by atoms with van der Waals surface area (Å²) in [5, 5.41) is 1.71. The Labute approximate surface area is 175 Å². The van der Waals surface area contributed by atoms with E-state index in [4.69, 9.17) is 23.2 Å². The molecule has 1 heterocycles. The molecule has 0 atom stereocenters. The zero-order valence-electron chi connectivity index (χ0n) is 13.4. The van der Waals surface area contributed by atoms with Crippen LogP contribution in [0.1, 0.15) is 21.2 Å². The molecule has 0 bridgehead atoms. The van der Waals surface area contributed by atoms with Crippen LogP contribution in [0.4, 0.5) is 0 Å². The molecule has 2 aromatic rings. The van der Waals surface area contributed by atoms with Crippen molar-refractivity contribution in [1.29, 1.82) is 0 Å². The van der Waals surface area contributed by atoms with Crippen molar-refractivity contribution in [2.75, 3.05) is 0 Å². The molecule has 0 N–H and O–H groups in total. The van der Waals surface area contributed by atoms with Crippen LogP contribution < -0.4 is 24.8 Å². The van der Waals surface area contributed by atoms with Gasteiger partial charge in [0.15, 0.2) is 0 Å². The molecule has 0 spiro atoms. The third kappa shape index (κ3) is 3.01. The van der Waals surface area contributed by atoms with E-state index in [0.29, 0.717) is 3.63 Å². The first-order chi connectivity index (χ1) is 11.2. The van der Waals surface area contributed by atoms with E-state index in [9.17, 15) is 0 Å². The van der Waals surface area contributed by atoms with Crippen molar-refractivity contribution in [3.05, 3.63) is 79.1 Å². The molecule has 0 radical (unpaired) electrons. The average molecular weight is 489 g/mol. The number of hydrogen-bond donors (Lipinski definition) is 0. The van der Waals surface area contributed by atoms with Gasteiger partial charge in [-0.3, -0.25) is 0 Å². The summed E-state index contributed by atoms with van der Waals surface area (Å²) in [7, 11) is 0. The summed E-state index contributed by atoms with van der Waals surface area (Å²) in [4.78, 5) is 0. The van der Waals surface area contributed by atoms with E-state index in [-0.39, 0.29) is 24.8 Å². The molecule has 1 aliphatic heterocycles. The van der Waals surface area contributed by atoms with Gasteiger partial charge in [-0.05, 0) is 0 Å². The quantitative estimate of drug-likeness (QED) is 0.589. The number of allylic oxidation sites excluding steroid dienone is 4. The smallest absolute Gasteiger partial charge is 1.00 e. The third-order valence-corrected chi connectivity index (χ3v) is 18.3. The van der Waals surface area contributed by atoms with E-state index in [1.54, 1.807) is 3.28 Å². The van der Waals surface area contributed by atoms with Crippen LogP contribution in [0, 0.1) is 0 Å². The van der Waals surface area contributed by atoms with Crippen LogP contribution >= 0.6 is 23.2 Å². The molecule has 5 heteroatoms. The second kappa shape index (κ2) is 7.18. The zero-order valence-corrected chi connectivity index (χ0v) is 18.9. The standard InChI is InChI=1S/C13H7Cl2.C5H5.C2H4.2ClH.Zr/c14-10-1-3-12-8(6-10)5-9-7-11(15)2-4-13(9)12;1-2-4-5-3-1;1-2;;;/h1-7H;1-3H,4H2;1-2H2;2*1H;/q;;;;;+2/p-2. The van der Waals surface area contributed by atoms with E-state index in [2.05, 4.69) is 42.5 Å². The molecule has 1 fully saturated rings. The number of benzene rings is 2. The van der Waals surface area contributed by atoms with Crippen molar-refractivity contribution in [2.45, 2.75) is 18.3 Å². The van der Waals surface area contributed by atoms with Crippen molar-refractivity contribution < 1.29 is 45.1 Å². The predicted molar refractivity (Wildman–Crippen MR) is 95.2 cm³/mol. The maximum atomic E-state index is 6.36. The van der Waals surface area contributed by atoms with Crippen molar-refractivity contribution in [1.82, 2.24) is 0 Å². The Morgan fingerprint density at radius 3 is 1.84 bits per heavy atom. The summed E-state index contributed by atoms with van der Waals surface area (Å²) in [5.74, 6) is 0. The first-order valence-electron chi connectivity index (χ1n) is 8.14. The molecular weight excluding hydrogens is 473 g/mol. The Morgan fingerprint density at radius 1 is 0.840 bits per heavy atom. The van der Waals surface area contributed by atoms with Crippen LogP contribution in [0.15, 0.2) is 57.9 Å². The van der Waals surface area contributed by atoms with Crippen LogP contribution in [0.2, 0.25) is 18.3 Å². The Bertz CT molecular complexity index is 845. The number of rotatable bonds is 2. The summed E-state index contributed by atoms with van der Waals surface area (Å²) in [5.41, 5.74) is 5.69. The van der Waals surface area contributed by atoms with E-state index in [1.807, 2.05) is 12.1 Å². The van der Waals surface area contributed by atoms with Gasteiger partial charge < -0.3 is 24.8 Å². The van der Waals surface area contributed by atoms with E-state index < -0.39 is 20.3 Å². The van der Waals surface area contributed by atoms with Gasteiger partial charge in [0.05, 0.1) is 0 Å². The van der Waals surface area contributed by atoms with Gasteiger partial charge in [0.2, 0.25) is 0 Å². The topological polar surface area (TPSA) is 0 Å². The molecule has 128 valence electrons. The minimum atomic E-state index is -2.33. The third-order valence-electron chi connectivity index (χ3n) is 5.69. The Morgan fingerprint density at radius 2 is 1.40 bits per heavy atom. The second-order valence-electron chi connectivity index (χ2n) is 6.88. The molecule has 0 aromatic heterocycles. The van der Waals surface area contributed by atoms with Crippen molar-refractivity contribution in [3.63, 3.8) is 0 Å². The first kappa shape index (κ1) is 19.7. The van der Waals surface area contributed by atoms with Gasteiger partial charge in [-0.15, -0.1) is 0 Å². The Balaban J connectivity index is 0.000000911. The molecule has 2 aliphatic carbocycles. The number of halogens is 4. The van der Waals surface area contributed by atoms with Crippen molar-refractivity contribution in [2.24, 2.45) is 0 Å². The molecule has 2 aromatic carbocycles. The SMILES string of the molecule is Clc1ccc2c(c1)[CH]([Zr+2]1([C]3=CC=CC3)[CH2][CH2]1)c1cc(Cl)ccc1-2.[Cl-].[Cl-]. The van der Waals surface area contributed by atoms with Crippen molar-refractivity contribution >= 4 is 23.2 Å². The summed E-state index contributed by atoms with van der Waals surface area (Å²) in [6, 6.07) is 12.9. The molecule has 0 amide bonds. The van der Waals surface area contributed by atoms with Crippen molar-refractivity contribution in [3.8, 4) is 11.1 Å². The fourth-order valence-corrected chi connectivity index (χ4v) is 19.8. The van der Waals surface area contributed by atoms with Gasteiger partial charge in [0, 0.05) is 0 Å². The fourth-order valence-electron chi connectivity index (χ4n) is 4.54. The van der Waals surface area contributed by atoms with Crippen LogP contribution in [0.5, 0.6) is 0 Å². The van der Waals surface area contributed by atoms with Gasteiger partial charge in [-0.2, -0.15) is 0 Å². The summed E-state index contributed by atoms with van der Waals surface area (Å²) >= 11 is 10.4. The molecule has 25 heavy (non-hydrogen) atoms. The van der Waals surface area contributed by atoms with Crippen LogP contribution in [0.3, 0.4) is 0 Å². The van der Waals surface area contributed by atoms with E-state index >= 15 is 0 Å². The van der Waals surface area contributed by atoms with Gasteiger partial charge in [-0.25, -0.2) is 0 Å². The Kier molecular flexibility index (Phi) is 5.66. The second-order valence-corrected chi connectivity index (χ2v) is 18.9. The normalized spacial score (nSPS) is 17.4. The molecular formula is C20H16Cl4Zr. The molecule has 1 saturated heterocycles. The zero-order chi connectivity index (χ0) is 15.6. The summed E-state index contributed by atoms with van der Waals surface area (Å²) in [6.07, 6.45) is 8.16. The van der Waals surface area contributed by atoms with Gasteiger partial charge in [-0.1, -0.05) is 0 Å². The molecule has 0 nitrogen and oxygen atoms in total. The minimum Gasteiger partial charge on any atom is -1.00 e. The number of hydrogen-bond acceptors (Lipinski definition) is 0. The monoisotopic (exact) mass is 486 g/mol. The van der Waals surface area contributed by atoms with Crippen LogP contribution in [-0.4, -0.2) is 0 Å².